The molecule has 0 bridgehead atoms. The molecule has 1 fully saturated rings. The lowest BCUT2D eigenvalue weighted by atomic mass is 10.1. The van der Waals surface area contributed by atoms with E-state index < -0.39 is 0 Å². The van der Waals surface area contributed by atoms with Crippen molar-refractivity contribution in [2.75, 3.05) is 31.1 Å². The van der Waals surface area contributed by atoms with Gasteiger partial charge in [-0.3, -0.25) is 4.79 Å². The molecule has 0 atom stereocenters. The third-order valence-corrected chi connectivity index (χ3v) is 4.80. The van der Waals surface area contributed by atoms with Gasteiger partial charge in [-0.15, -0.1) is 0 Å². The number of carbonyl (C=O) groups excluding carboxylic acids is 1. The SMILES string of the molecule is O=C(Cc1ccc2[nH]ccc2c1)N1CCN(c2ccc(F)cc2)CC1. The fourth-order valence-electron chi connectivity index (χ4n) is 3.37. The fourth-order valence-corrected chi connectivity index (χ4v) is 3.37. The van der Waals surface area contributed by atoms with Gasteiger partial charge in [0.05, 0.1) is 6.42 Å². The van der Waals surface area contributed by atoms with Crippen LogP contribution in [-0.4, -0.2) is 42.0 Å². The zero-order valence-corrected chi connectivity index (χ0v) is 13.9. The van der Waals surface area contributed by atoms with Crippen molar-refractivity contribution in [2.45, 2.75) is 6.42 Å². The first-order chi connectivity index (χ1) is 12.2. The molecule has 0 saturated carbocycles. The van der Waals surface area contributed by atoms with Crippen molar-refractivity contribution in [3.63, 3.8) is 0 Å². The Bertz CT molecular complexity index is 879. The van der Waals surface area contributed by atoms with E-state index in [1.54, 1.807) is 12.1 Å². The Morgan fingerprint density at radius 3 is 2.52 bits per heavy atom. The lowest BCUT2D eigenvalue weighted by Crippen LogP contribution is -2.49. The standard InChI is InChI=1S/C20H20FN3O/c21-17-2-4-18(5-3-17)23-9-11-24(12-10-23)20(25)14-15-1-6-19-16(13-15)7-8-22-19/h1-8,13,22H,9-12,14H2. The third kappa shape index (κ3) is 3.36. The highest BCUT2D eigenvalue weighted by Gasteiger charge is 2.21. The second kappa shape index (κ2) is 6.59. The van der Waals surface area contributed by atoms with Crippen LogP contribution in [0.3, 0.4) is 0 Å². The van der Waals surface area contributed by atoms with E-state index in [0.717, 1.165) is 35.2 Å². The van der Waals surface area contributed by atoms with E-state index in [-0.39, 0.29) is 11.7 Å². The Morgan fingerprint density at radius 2 is 1.76 bits per heavy atom. The van der Waals surface area contributed by atoms with Gasteiger partial charge in [0.1, 0.15) is 5.82 Å². The van der Waals surface area contributed by atoms with Crippen molar-refractivity contribution >= 4 is 22.5 Å². The van der Waals surface area contributed by atoms with Crippen LogP contribution in [0.25, 0.3) is 10.9 Å². The van der Waals surface area contributed by atoms with Crippen LogP contribution in [0.2, 0.25) is 0 Å². The number of benzene rings is 2. The van der Waals surface area contributed by atoms with Crippen molar-refractivity contribution in [1.29, 1.82) is 0 Å². The number of amides is 1. The number of halogens is 1. The second-order valence-corrected chi connectivity index (χ2v) is 6.42. The normalized spacial score (nSPS) is 14.9. The zero-order valence-electron chi connectivity index (χ0n) is 13.9. The van der Waals surface area contributed by atoms with E-state index in [1.807, 2.05) is 29.3 Å². The summed E-state index contributed by atoms with van der Waals surface area (Å²) in [6, 6.07) is 14.6. The Morgan fingerprint density at radius 1 is 1.00 bits per heavy atom. The van der Waals surface area contributed by atoms with E-state index in [2.05, 4.69) is 16.0 Å². The summed E-state index contributed by atoms with van der Waals surface area (Å²) in [5.74, 6) is -0.0643. The predicted octanol–water partition coefficient (Wildman–Crippen LogP) is 3.20. The molecule has 1 aliphatic heterocycles. The highest BCUT2D eigenvalue weighted by molar-refractivity contribution is 5.83. The van der Waals surface area contributed by atoms with E-state index in [1.165, 1.54) is 12.1 Å². The number of aromatic amines is 1. The predicted molar refractivity (Wildman–Crippen MR) is 97.2 cm³/mol. The molecule has 0 aliphatic carbocycles. The summed E-state index contributed by atoms with van der Waals surface area (Å²) in [6.45, 7) is 2.94. The third-order valence-electron chi connectivity index (χ3n) is 4.80. The minimum atomic E-state index is -0.225. The van der Waals surface area contributed by atoms with E-state index in [9.17, 15) is 9.18 Å². The van der Waals surface area contributed by atoms with Crippen LogP contribution in [0.1, 0.15) is 5.56 Å². The molecule has 2 heterocycles. The quantitative estimate of drug-likeness (QED) is 0.797. The highest BCUT2D eigenvalue weighted by Crippen LogP contribution is 2.18. The number of rotatable bonds is 3. The zero-order chi connectivity index (χ0) is 17.2. The fraction of sp³-hybridized carbons (Fsp3) is 0.250. The van der Waals surface area contributed by atoms with Gasteiger partial charge < -0.3 is 14.8 Å². The highest BCUT2D eigenvalue weighted by atomic mass is 19.1. The number of hydrogen-bond acceptors (Lipinski definition) is 2. The van der Waals surface area contributed by atoms with Crippen molar-refractivity contribution in [3.05, 3.63) is 66.1 Å². The van der Waals surface area contributed by atoms with Gasteiger partial charge in [0, 0.05) is 43.6 Å². The molecule has 1 N–H and O–H groups in total. The van der Waals surface area contributed by atoms with Gasteiger partial charge in [-0.05, 0) is 53.4 Å². The maximum absolute atomic E-state index is 13.0. The van der Waals surface area contributed by atoms with E-state index in [4.69, 9.17) is 0 Å². The largest absolute Gasteiger partial charge is 0.368 e. The minimum Gasteiger partial charge on any atom is -0.368 e. The first-order valence-corrected chi connectivity index (χ1v) is 8.53. The Balaban J connectivity index is 1.36. The van der Waals surface area contributed by atoms with Crippen LogP contribution in [0.5, 0.6) is 0 Å². The van der Waals surface area contributed by atoms with Gasteiger partial charge in [-0.2, -0.15) is 0 Å². The molecule has 25 heavy (non-hydrogen) atoms. The van der Waals surface area contributed by atoms with Crippen molar-refractivity contribution in [2.24, 2.45) is 0 Å². The van der Waals surface area contributed by atoms with Crippen LogP contribution in [0.4, 0.5) is 10.1 Å². The number of aromatic nitrogens is 1. The molecule has 2 aromatic carbocycles. The van der Waals surface area contributed by atoms with Gasteiger partial charge in [0.25, 0.3) is 0 Å². The Kier molecular flexibility index (Phi) is 4.14. The summed E-state index contributed by atoms with van der Waals surface area (Å²) in [5.41, 5.74) is 3.13. The number of carbonyl (C=O) groups is 1. The molecule has 0 unspecified atom stereocenters. The Hall–Kier alpha value is -2.82. The van der Waals surface area contributed by atoms with Gasteiger partial charge >= 0.3 is 0 Å². The number of piperazine rings is 1. The van der Waals surface area contributed by atoms with E-state index in [0.29, 0.717) is 19.5 Å². The lowest BCUT2D eigenvalue weighted by Gasteiger charge is -2.36. The van der Waals surface area contributed by atoms with Gasteiger partial charge in [0.2, 0.25) is 5.91 Å². The lowest BCUT2D eigenvalue weighted by molar-refractivity contribution is -0.130. The molecular formula is C20H20FN3O. The van der Waals surface area contributed by atoms with Gasteiger partial charge in [-0.1, -0.05) is 6.07 Å². The summed E-state index contributed by atoms with van der Waals surface area (Å²) in [6.07, 6.45) is 2.34. The van der Waals surface area contributed by atoms with Crippen LogP contribution < -0.4 is 4.90 Å². The maximum Gasteiger partial charge on any atom is 0.227 e. The first kappa shape index (κ1) is 15.7. The molecule has 0 spiro atoms. The molecule has 3 aromatic rings. The van der Waals surface area contributed by atoms with Gasteiger partial charge in [-0.25, -0.2) is 4.39 Å². The summed E-state index contributed by atoms with van der Waals surface area (Å²) in [4.78, 5) is 19.9. The summed E-state index contributed by atoms with van der Waals surface area (Å²) in [7, 11) is 0. The van der Waals surface area contributed by atoms with E-state index >= 15 is 0 Å². The number of nitrogens with zero attached hydrogens (tertiary/aromatic N) is 2. The molecule has 4 nitrogen and oxygen atoms in total. The number of fused-ring (bicyclic) bond motifs is 1. The molecule has 4 rings (SSSR count). The number of H-pyrrole nitrogens is 1. The van der Waals surface area contributed by atoms with Crippen molar-refractivity contribution in [1.82, 2.24) is 9.88 Å². The summed E-state index contributed by atoms with van der Waals surface area (Å²) >= 11 is 0. The second-order valence-electron chi connectivity index (χ2n) is 6.42. The summed E-state index contributed by atoms with van der Waals surface area (Å²) < 4.78 is 13.0. The number of anilines is 1. The summed E-state index contributed by atoms with van der Waals surface area (Å²) in [5, 5.41) is 1.13. The molecule has 1 saturated heterocycles. The van der Waals surface area contributed by atoms with Crippen LogP contribution in [0, 0.1) is 5.82 Å². The molecule has 1 amide bonds. The average molecular weight is 337 g/mol. The monoisotopic (exact) mass is 337 g/mol. The van der Waals surface area contributed by atoms with Gasteiger partial charge in [0.15, 0.2) is 0 Å². The molecule has 1 aliphatic rings. The first-order valence-electron chi connectivity index (χ1n) is 8.53. The molecule has 1 aromatic heterocycles. The molecule has 5 heteroatoms. The van der Waals surface area contributed by atoms with Crippen LogP contribution in [-0.2, 0) is 11.2 Å². The Labute approximate surface area is 145 Å². The molecule has 128 valence electrons. The smallest absolute Gasteiger partial charge is 0.227 e. The average Bonchev–Trinajstić information content (AvgIpc) is 3.10. The van der Waals surface area contributed by atoms with Crippen LogP contribution >= 0.6 is 0 Å². The minimum absolute atomic E-state index is 0.161. The van der Waals surface area contributed by atoms with Crippen molar-refractivity contribution in [3.8, 4) is 0 Å². The van der Waals surface area contributed by atoms with Crippen molar-refractivity contribution < 1.29 is 9.18 Å². The molecular weight excluding hydrogens is 317 g/mol. The topological polar surface area (TPSA) is 39.3 Å². The number of nitrogens with one attached hydrogen (secondary N) is 1. The molecule has 0 radical (unpaired) electrons. The van der Waals surface area contributed by atoms with Crippen LogP contribution in [0.15, 0.2) is 54.7 Å². The maximum atomic E-state index is 13.0. The number of hydrogen-bond donors (Lipinski definition) is 1.